The Kier molecular flexibility index (Phi) is 4.70. The molecule has 0 spiro atoms. The van der Waals surface area contributed by atoms with E-state index < -0.39 is 10.8 Å². The average Bonchev–Trinajstić information content (AvgIpc) is 2.25. The Labute approximate surface area is 86.9 Å². The second kappa shape index (κ2) is 6.14. The van der Waals surface area contributed by atoms with Crippen LogP contribution < -0.4 is 0 Å². The molecule has 0 fully saturated rings. The van der Waals surface area contributed by atoms with Gasteiger partial charge in [0.25, 0.3) is 0 Å². The highest BCUT2D eigenvalue weighted by Gasteiger charge is 1.95. The number of rotatable bonds is 3. The third kappa shape index (κ3) is 3.56. The lowest BCUT2D eigenvalue weighted by Gasteiger charge is -1.92. The largest absolute Gasteiger partial charge is 0.249 e. The van der Waals surface area contributed by atoms with Crippen LogP contribution in [0.15, 0.2) is 64.6 Å². The van der Waals surface area contributed by atoms with E-state index >= 15 is 0 Å². The van der Waals surface area contributed by atoms with Gasteiger partial charge in [-0.3, -0.25) is 0 Å². The summed E-state index contributed by atoms with van der Waals surface area (Å²) in [7, 11) is -1.09. The summed E-state index contributed by atoms with van der Waals surface area (Å²) in [5.41, 5.74) is 2.85. The predicted octanol–water partition coefficient (Wildman–Crippen LogP) is 3.04. The lowest BCUT2D eigenvalue weighted by atomic mass is 10.4. The molecule has 72 valence electrons. The normalized spacial score (nSPS) is 12.1. The molecule has 1 nitrogen and oxygen atoms in total. The van der Waals surface area contributed by atoms with Crippen molar-refractivity contribution in [2.75, 3.05) is 0 Å². The van der Waals surface area contributed by atoms with Gasteiger partial charge in [-0.2, -0.15) is 0 Å². The third-order valence-electron chi connectivity index (χ3n) is 1.54. The van der Waals surface area contributed by atoms with E-state index in [-0.39, 0.29) is 0 Å². The Morgan fingerprint density at radius 3 is 2.64 bits per heavy atom. The minimum atomic E-state index is -1.09. The minimum absolute atomic E-state index is 0.800. The van der Waals surface area contributed by atoms with Crippen LogP contribution in [0.2, 0.25) is 0 Å². The van der Waals surface area contributed by atoms with Gasteiger partial charge in [0.15, 0.2) is 0 Å². The topological polar surface area (TPSA) is 17.1 Å². The number of hydrogen-bond acceptors (Lipinski definition) is 1. The second-order valence-corrected chi connectivity index (χ2v) is 3.89. The molecule has 1 rings (SSSR count). The SMILES string of the molecule is C/C=C\C=C=CS(=O)c1ccccc1. The van der Waals surface area contributed by atoms with Gasteiger partial charge < -0.3 is 0 Å². The number of allylic oxidation sites excluding steroid dienone is 3. The van der Waals surface area contributed by atoms with Crippen LogP contribution in [0.25, 0.3) is 0 Å². The van der Waals surface area contributed by atoms with Crippen LogP contribution in [-0.4, -0.2) is 4.21 Å². The first-order valence-corrected chi connectivity index (χ1v) is 5.55. The fraction of sp³-hybridized carbons (Fsp3) is 0.0833. The first kappa shape index (κ1) is 10.7. The third-order valence-corrected chi connectivity index (χ3v) is 2.62. The summed E-state index contributed by atoms with van der Waals surface area (Å²) in [5, 5.41) is 1.55. The van der Waals surface area contributed by atoms with Gasteiger partial charge in [0.1, 0.15) is 0 Å². The molecule has 0 aliphatic carbocycles. The Hall–Kier alpha value is -1.37. The molecule has 0 aromatic heterocycles. The standard InChI is InChI=1S/C12H12OS/c1-2-3-4-8-11-14(13)12-9-6-5-7-10-12/h2-7,9-11H,1H3/b3-2-. The van der Waals surface area contributed by atoms with Crippen molar-refractivity contribution in [3.63, 3.8) is 0 Å². The fourth-order valence-corrected chi connectivity index (χ4v) is 1.64. The zero-order chi connectivity index (χ0) is 10.2. The van der Waals surface area contributed by atoms with Gasteiger partial charge in [-0.15, -0.1) is 5.73 Å². The van der Waals surface area contributed by atoms with E-state index in [1.807, 2.05) is 49.4 Å². The van der Waals surface area contributed by atoms with Gasteiger partial charge in [0, 0.05) is 10.3 Å². The molecule has 2 heteroatoms. The highest BCUT2D eigenvalue weighted by molar-refractivity contribution is 7.88. The van der Waals surface area contributed by atoms with Crippen LogP contribution in [0.5, 0.6) is 0 Å². The van der Waals surface area contributed by atoms with Crippen molar-refractivity contribution in [2.45, 2.75) is 11.8 Å². The summed E-state index contributed by atoms with van der Waals surface area (Å²) in [4.78, 5) is 0.800. The Balaban J connectivity index is 2.73. The Bertz CT molecular complexity index is 384. The Morgan fingerprint density at radius 1 is 1.29 bits per heavy atom. The smallest absolute Gasteiger partial charge is 0.0854 e. The second-order valence-electron chi connectivity index (χ2n) is 2.59. The molecule has 0 radical (unpaired) electrons. The highest BCUT2D eigenvalue weighted by atomic mass is 32.2. The first-order chi connectivity index (χ1) is 6.84. The molecule has 1 atom stereocenters. The van der Waals surface area contributed by atoms with Crippen LogP contribution in [-0.2, 0) is 10.8 Å². The molecule has 1 aromatic rings. The lowest BCUT2D eigenvalue weighted by molar-refractivity contribution is 0.688. The maximum atomic E-state index is 11.6. The number of benzene rings is 1. The van der Waals surface area contributed by atoms with E-state index in [1.165, 1.54) is 0 Å². The van der Waals surface area contributed by atoms with Crippen LogP contribution in [0.4, 0.5) is 0 Å². The van der Waals surface area contributed by atoms with Gasteiger partial charge in [0.05, 0.1) is 10.8 Å². The molecule has 0 amide bonds. The molecule has 1 aromatic carbocycles. The van der Waals surface area contributed by atoms with Gasteiger partial charge in [-0.1, -0.05) is 30.4 Å². The minimum Gasteiger partial charge on any atom is -0.249 e. The molecule has 0 bridgehead atoms. The van der Waals surface area contributed by atoms with Gasteiger partial charge >= 0.3 is 0 Å². The fourth-order valence-electron chi connectivity index (χ4n) is 0.876. The van der Waals surface area contributed by atoms with Gasteiger partial charge in [0.2, 0.25) is 0 Å². The summed E-state index contributed by atoms with van der Waals surface area (Å²) < 4.78 is 11.6. The van der Waals surface area contributed by atoms with Crippen molar-refractivity contribution >= 4 is 10.8 Å². The molecule has 0 aliphatic rings. The molecule has 0 N–H and O–H groups in total. The zero-order valence-corrected chi connectivity index (χ0v) is 8.83. The molecule has 0 saturated carbocycles. The van der Waals surface area contributed by atoms with Crippen LogP contribution >= 0.6 is 0 Å². The number of hydrogen-bond donors (Lipinski definition) is 0. The van der Waals surface area contributed by atoms with E-state index in [2.05, 4.69) is 5.73 Å². The molecule has 1 unspecified atom stereocenters. The Morgan fingerprint density at radius 2 is 2.00 bits per heavy atom. The summed E-state index contributed by atoms with van der Waals surface area (Å²) in [6, 6.07) is 9.32. The maximum absolute atomic E-state index is 11.6. The quantitative estimate of drug-likeness (QED) is 0.546. The van der Waals surface area contributed by atoms with E-state index in [0.717, 1.165) is 4.90 Å². The van der Waals surface area contributed by atoms with Crippen molar-refractivity contribution in [3.05, 3.63) is 59.7 Å². The van der Waals surface area contributed by atoms with E-state index in [9.17, 15) is 4.21 Å². The zero-order valence-electron chi connectivity index (χ0n) is 8.01. The first-order valence-electron chi connectivity index (χ1n) is 4.34. The molecule has 0 heterocycles. The van der Waals surface area contributed by atoms with E-state index in [0.29, 0.717) is 0 Å². The van der Waals surface area contributed by atoms with Crippen LogP contribution in [0, 0.1) is 0 Å². The molecule has 14 heavy (non-hydrogen) atoms. The van der Waals surface area contributed by atoms with Crippen molar-refractivity contribution in [1.29, 1.82) is 0 Å². The monoisotopic (exact) mass is 204 g/mol. The van der Waals surface area contributed by atoms with E-state index in [4.69, 9.17) is 0 Å². The predicted molar refractivity (Wildman–Crippen MR) is 60.3 cm³/mol. The van der Waals surface area contributed by atoms with Crippen molar-refractivity contribution in [3.8, 4) is 0 Å². The van der Waals surface area contributed by atoms with Crippen molar-refractivity contribution < 1.29 is 4.21 Å². The lowest BCUT2D eigenvalue weighted by Crippen LogP contribution is -1.83. The van der Waals surface area contributed by atoms with Crippen LogP contribution in [0.3, 0.4) is 0 Å². The van der Waals surface area contributed by atoms with Crippen LogP contribution in [0.1, 0.15) is 6.92 Å². The summed E-state index contributed by atoms with van der Waals surface area (Å²) >= 11 is 0. The van der Waals surface area contributed by atoms with Gasteiger partial charge in [-0.05, 0) is 25.1 Å². The van der Waals surface area contributed by atoms with E-state index in [1.54, 1.807) is 11.5 Å². The summed E-state index contributed by atoms with van der Waals surface area (Å²) in [6.07, 6.45) is 5.48. The van der Waals surface area contributed by atoms with Crippen molar-refractivity contribution in [1.82, 2.24) is 0 Å². The molecule has 0 aliphatic heterocycles. The molecular formula is C12H12OS. The average molecular weight is 204 g/mol. The van der Waals surface area contributed by atoms with Crippen molar-refractivity contribution in [2.24, 2.45) is 0 Å². The maximum Gasteiger partial charge on any atom is 0.0854 e. The summed E-state index contributed by atoms with van der Waals surface area (Å²) in [5.74, 6) is 0. The van der Waals surface area contributed by atoms with Gasteiger partial charge in [-0.25, -0.2) is 4.21 Å². The summed E-state index contributed by atoms with van der Waals surface area (Å²) in [6.45, 7) is 1.92. The molecular weight excluding hydrogens is 192 g/mol. The highest BCUT2D eigenvalue weighted by Crippen LogP contribution is 2.05. The molecule has 0 saturated heterocycles.